The minimum Gasteiger partial charge on any atom is -0.481 e. The fourth-order valence-corrected chi connectivity index (χ4v) is 1.97. The minimum absolute atomic E-state index is 0.112. The summed E-state index contributed by atoms with van der Waals surface area (Å²) in [6.07, 6.45) is 1.70. The highest BCUT2D eigenvalue weighted by atomic mass is 35.5. The zero-order valence-electron chi connectivity index (χ0n) is 11.6. The van der Waals surface area contributed by atoms with Crippen molar-refractivity contribution < 1.29 is 14.3 Å². The Hall–Kier alpha value is -1.98. The second kappa shape index (κ2) is 8.34. The van der Waals surface area contributed by atoms with E-state index in [9.17, 15) is 4.79 Å². The van der Waals surface area contributed by atoms with Crippen molar-refractivity contribution >= 4 is 35.3 Å². The Balaban J connectivity index is 3.14. The topological polar surface area (TPSA) is 97.1 Å². The van der Waals surface area contributed by atoms with Gasteiger partial charge in [-0.3, -0.25) is 0 Å². The van der Waals surface area contributed by atoms with Gasteiger partial charge in [0, 0.05) is 6.07 Å². The number of nitrogens with one attached hydrogen (secondary N) is 1. The standard InChI is InChI=1S/C12H13ClN4O3S/c1-4-20-11(18)7(6-14)10(21-3)17-12-15-8(13)5-9(16-12)19-2/h5H,4H2,1-3H3,(H,15,16,17)/b10-7-. The van der Waals surface area contributed by atoms with Gasteiger partial charge in [0.05, 0.1) is 13.7 Å². The molecule has 0 radical (unpaired) electrons. The smallest absolute Gasteiger partial charge is 0.351 e. The van der Waals surface area contributed by atoms with Gasteiger partial charge in [-0.1, -0.05) is 11.6 Å². The molecule has 0 unspecified atom stereocenters. The molecule has 0 aliphatic carbocycles. The van der Waals surface area contributed by atoms with Gasteiger partial charge in [0.1, 0.15) is 16.3 Å². The van der Waals surface area contributed by atoms with Crippen molar-refractivity contribution in [2.24, 2.45) is 0 Å². The number of hydrogen-bond donors (Lipinski definition) is 1. The quantitative estimate of drug-likeness (QED) is 0.367. The lowest BCUT2D eigenvalue weighted by atomic mass is 10.3. The van der Waals surface area contributed by atoms with Crippen molar-refractivity contribution in [3.63, 3.8) is 0 Å². The molecule has 0 atom stereocenters. The molecule has 9 heteroatoms. The molecular formula is C12H13ClN4O3S. The Morgan fingerprint density at radius 1 is 1.57 bits per heavy atom. The van der Waals surface area contributed by atoms with Crippen LogP contribution in [-0.2, 0) is 9.53 Å². The van der Waals surface area contributed by atoms with Gasteiger partial charge < -0.3 is 14.8 Å². The van der Waals surface area contributed by atoms with Crippen molar-refractivity contribution in [2.45, 2.75) is 6.92 Å². The summed E-state index contributed by atoms with van der Waals surface area (Å²) < 4.78 is 9.79. The molecule has 0 saturated heterocycles. The molecule has 0 aliphatic heterocycles. The van der Waals surface area contributed by atoms with Gasteiger partial charge in [-0.25, -0.2) is 9.78 Å². The minimum atomic E-state index is -0.717. The van der Waals surface area contributed by atoms with Gasteiger partial charge in [0.25, 0.3) is 0 Å². The SMILES string of the molecule is CCOC(=O)/C(C#N)=C(/Nc1nc(Cl)cc(OC)n1)SC. The van der Waals surface area contributed by atoms with Gasteiger partial charge >= 0.3 is 5.97 Å². The first-order chi connectivity index (χ1) is 10.0. The molecule has 0 bridgehead atoms. The zero-order chi connectivity index (χ0) is 15.8. The van der Waals surface area contributed by atoms with E-state index in [1.54, 1.807) is 19.2 Å². The van der Waals surface area contributed by atoms with Crippen molar-refractivity contribution in [3.8, 4) is 11.9 Å². The normalized spacial score (nSPS) is 11.2. The molecule has 21 heavy (non-hydrogen) atoms. The van der Waals surface area contributed by atoms with E-state index in [1.807, 2.05) is 0 Å². The molecule has 7 nitrogen and oxygen atoms in total. The lowest BCUT2D eigenvalue weighted by Crippen LogP contribution is -2.12. The third-order valence-corrected chi connectivity index (χ3v) is 3.04. The highest BCUT2D eigenvalue weighted by Gasteiger charge is 2.17. The van der Waals surface area contributed by atoms with Crippen LogP contribution in [0.4, 0.5) is 5.95 Å². The Bertz CT molecular complexity index is 601. The highest BCUT2D eigenvalue weighted by Crippen LogP contribution is 2.22. The predicted molar refractivity (Wildman–Crippen MR) is 80.0 cm³/mol. The summed E-state index contributed by atoms with van der Waals surface area (Å²) in [5.74, 6) is -0.348. The molecule has 1 heterocycles. The molecule has 1 aromatic heterocycles. The lowest BCUT2D eigenvalue weighted by molar-refractivity contribution is -0.138. The Labute approximate surface area is 131 Å². The number of aromatic nitrogens is 2. The number of methoxy groups -OCH3 is 1. The van der Waals surface area contributed by atoms with Crippen LogP contribution in [0, 0.1) is 11.3 Å². The van der Waals surface area contributed by atoms with E-state index in [0.717, 1.165) is 11.8 Å². The zero-order valence-corrected chi connectivity index (χ0v) is 13.2. The molecule has 0 fully saturated rings. The molecule has 1 rings (SSSR count). The van der Waals surface area contributed by atoms with E-state index in [2.05, 4.69) is 15.3 Å². The Morgan fingerprint density at radius 2 is 2.29 bits per heavy atom. The number of hydrogen-bond acceptors (Lipinski definition) is 8. The molecule has 1 N–H and O–H groups in total. The number of carbonyl (C=O) groups excluding carboxylic acids is 1. The second-order valence-corrected chi connectivity index (χ2v) is 4.63. The fraction of sp³-hybridized carbons (Fsp3) is 0.333. The first kappa shape index (κ1) is 17.1. The lowest BCUT2D eigenvalue weighted by Gasteiger charge is -2.10. The van der Waals surface area contributed by atoms with Crippen LogP contribution in [0.3, 0.4) is 0 Å². The van der Waals surface area contributed by atoms with Crippen LogP contribution in [0.1, 0.15) is 6.92 Å². The summed E-state index contributed by atoms with van der Waals surface area (Å²) in [6, 6.07) is 3.24. The number of thioether (sulfide) groups is 1. The maximum Gasteiger partial charge on any atom is 0.351 e. The fourth-order valence-electron chi connectivity index (χ4n) is 1.27. The summed E-state index contributed by atoms with van der Waals surface area (Å²) >= 11 is 6.98. The number of halogens is 1. The highest BCUT2D eigenvalue weighted by molar-refractivity contribution is 8.02. The van der Waals surface area contributed by atoms with E-state index in [-0.39, 0.29) is 34.2 Å². The van der Waals surface area contributed by atoms with E-state index in [4.69, 9.17) is 26.3 Å². The summed E-state index contributed by atoms with van der Waals surface area (Å²) in [5.41, 5.74) is -0.160. The van der Waals surface area contributed by atoms with Crippen molar-refractivity contribution in [1.29, 1.82) is 5.26 Å². The average molecular weight is 329 g/mol. The van der Waals surface area contributed by atoms with Gasteiger partial charge in [0.15, 0.2) is 5.57 Å². The monoisotopic (exact) mass is 328 g/mol. The predicted octanol–water partition coefficient (Wildman–Crippen LogP) is 2.21. The molecule has 0 aromatic carbocycles. The number of rotatable bonds is 6. The van der Waals surface area contributed by atoms with Gasteiger partial charge in [-0.15, -0.1) is 11.8 Å². The van der Waals surface area contributed by atoms with E-state index < -0.39 is 5.97 Å². The van der Waals surface area contributed by atoms with Crippen molar-refractivity contribution in [3.05, 3.63) is 21.8 Å². The van der Waals surface area contributed by atoms with Gasteiger partial charge in [-0.2, -0.15) is 10.2 Å². The number of nitrogens with zero attached hydrogens (tertiary/aromatic N) is 3. The van der Waals surface area contributed by atoms with Crippen molar-refractivity contribution in [2.75, 3.05) is 25.3 Å². The van der Waals surface area contributed by atoms with Crippen LogP contribution in [-0.4, -0.2) is 35.9 Å². The Morgan fingerprint density at radius 3 is 2.81 bits per heavy atom. The first-order valence-electron chi connectivity index (χ1n) is 5.76. The Kier molecular flexibility index (Phi) is 6.78. The summed E-state index contributed by atoms with van der Waals surface area (Å²) in [6.45, 7) is 1.83. The third-order valence-electron chi connectivity index (χ3n) is 2.13. The van der Waals surface area contributed by atoms with Crippen LogP contribution in [0.15, 0.2) is 16.7 Å². The number of ether oxygens (including phenoxy) is 2. The second-order valence-electron chi connectivity index (χ2n) is 3.42. The summed E-state index contributed by atoms with van der Waals surface area (Å²) in [5, 5.41) is 12.3. The number of anilines is 1. The van der Waals surface area contributed by atoms with Crippen LogP contribution >= 0.6 is 23.4 Å². The maximum absolute atomic E-state index is 11.7. The average Bonchev–Trinajstić information content (AvgIpc) is 2.46. The number of esters is 1. The molecular weight excluding hydrogens is 316 g/mol. The molecule has 1 aromatic rings. The largest absolute Gasteiger partial charge is 0.481 e. The first-order valence-corrected chi connectivity index (χ1v) is 7.37. The van der Waals surface area contributed by atoms with Crippen LogP contribution in [0.25, 0.3) is 0 Å². The third kappa shape index (κ3) is 4.81. The van der Waals surface area contributed by atoms with Gasteiger partial charge in [0.2, 0.25) is 11.8 Å². The molecule has 0 aliphatic rings. The van der Waals surface area contributed by atoms with Crippen molar-refractivity contribution in [1.82, 2.24) is 9.97 Å². The van der Waals surface area contributed by atoms with E-state index in [0.29, 0.717) is 0 Å². The molecule has 0 spiro atoms. The maximum atomic E-state index is 11.7. The molecule has 0 saturated carbocycles. The summed E-state index contributed by atoms with van der Waals surface area (Å²) in [7, 11) is 1.44. The van der Waals surface area contributed by atoms with Crippen LogP contribution in [0.5, 0.6) is 5.88 Å². The van der Waals surface area contributed by atoms with Crippen LogP contribution < -0.4 is 10.1 Å². The number of carbonyl (C=O) groups is 1. The van der Waals surface area contributed by atoms with Crippen LogP contribution in [0.2, 0.25) is 5.15 Å². The summed E-state index contributed by atoms with van der Waals surface area (Å²) in [4.78, 5) is 19.7. The molecule has 0 amide bonds. The van der Waals surface area contributed by atoms with Gasteiger partial charge in [-0.05, 0) is 13.2 Å². The van der Waals surface area contributed by atoms with E-state index in [1.165, 1.54) is 13.2 Å². The molecule has 112 valence electrons. The van der Waals surface area contributed by atoms with E-state index >= 15 is 0 Å². The number of nitriles is 1.